The molecule has 0 spiro atoms. The quantitative estimate of drug-likeness (QED) is 0.349. The Bertz CT molecular complexity index is 1210. The minimum atomic E-state index is -0.121. The number of aryl methyl sites for hydroxylation is 1. The van der Waals surface area contributed by atoms with Gasteiger partial charge in [0.05, 0.1) is 11.1 Å². The van der Waals surface area contributed by atoms with Crippen LogP contribution in [0.4, 0.5) is 5.69 Å². The number of carbonyl (C=O) groups excluding carboxylic acids is 1. The number of carbonyl (C=O) groups is 1. The van der Waals surface area contributed by atoms with Gasteiger partial charge in [-0.1, -0.05) is 43.1 Å². The van der Waals surface area contributed by atoms with Crippen LogP contribution >= 0.6 is 34.7 Å². The third-order valence-electron chi connectivity index (χ3n) is 6.48. The van der Waals surface area contributed by atoms with Crippen LogP contribution in [0.15, 0.2) is 34.2 Å². The standard InChI is InChI=1S/C24H26ClN3O2S2/c1-14-6-11-18-19(12-14)32-22-21(18)23(30)28(17-4-2-3-5-17)24(27-22)31-13-20(29)26-16-9-7-15(25)8-10-16/h7-10,14,17H,2-6,11-13H2,1H3,(H,26,29)/t14-/m0/s1. The van der Waals surface area contributed by atoms with E-state index < -0.39 is 0 Å². The van der Waals surface area contributed by atoms with Crippen molar-refractivity contribution in [3.8, 4) is 0 Å². The van der Waals surface area contributed by atoms with E-state index in [9.17, 15) is 9.59 Å². The maximum absolute atomic E-state index is 13.7. The molecule has 5 rings (SSSR count). The predicted molar refractivity (Wildman–Crippen MR) is 133 cm³/mol. The SMILES string of the molecule is C[C@H]1CCc2c(sc3nc(SCC(=O)Nc4ccc(Cl)cc4)n(C4CCCC4)c(=O)c23)C1. The van der Waals surface area contributed by atoms with Gasteiger partial charge in [-0.25, -0.2) is 4.98 Å². The monoisotopic (exact) mass is 487 g/mol. The van der Waals surface area contributed by atoms with E-state index >= 15 is 0 Å². The zero-order valence-electron chi connectivity index (χ0n) is 18.0. The molecule has 0 saturated heterocycles. The van der Waals surface area contributed by atoms with Crippen molar-refractivity contribution < 1.29 is 4.79 Å². The molecule has 1 fully saturated rings. The second kappa shape index (κ2) is 9.20. The molecule has 168 valence electrons. The zero-order chi connectivity index (χ0) is 22.2. The van der Waals surface area contributed by atoms with Gasteiger partial charge in [0.2, 0.25) is 5.91 Å². The molecule has 3 aromatic rings. The minimum Gasteiger partial charge on any atom is -0.325 e. The van der Waals surface area contributed by atoms with E-state index in [1.807, 2.05) is 4.57 Å². The zero-order valence-corrected chi connectivity index (χ0v) is 20.4. The molecule has 8 heteroatoms. The summed E-state index contributed by atoms with van der Waals surface area (Å²) in [6.07, 6.45) is 7.40. The Morgan fingerprint density at radius 3 is 2.75 bits per heavy atom. The van der Waals surface area contributed by atoms with Crippen molar-refractivity contribution >= 4 is 56.5 Å². The highest BCUT2D eigenvalue weighted by atomic mass is 35.5. The maximum atomic E-state index is 13.7. The summed E-state index contributed by atoms with van der Waals surface area (Å²) in [5.74, 6) is 0.733. The molecule has 1 atom stereocenters. The van der Waals surface area contributed by atoms with Gasteiger partial charge in [0.25, 0.3) is 5.56 Å². The Balaban J connectivity index is 1.45. The molecule has 0 bridgehead atoms. The first-order valence-corrected chi connectivity index (χ1v) is 13.4. The lowest BCUT2D eigenvalue weighted by Crippen LogP contribution is -2.27. The van der Waals surface area contributed by atoms with Crippen molar-refractivity contribution in [2.24, 2.45) is 5.92 Å². The lowest BCUT2D eigenvalue weighted by atomic mass is 9.89. The first-order valence-electron chi connectivity index (χ1n) is 11.2. The summed E-state index contributed by atoms with van der Waals surface area (Å²) in [7, 11) is 0. The number of aromatic nitrogens is 2. The van der Waals surface area contributed by atoms with E-state index in [0.29, 0.717) is 21.8 Å². The number of hydrogen-bond donors (Lipinski definition) is 1. The van der Waals surface area contributed by atoms with Crippen LogP contribution in [0.2, 0.25) is 5.02 Å². The van der Waals surface area contributed by atoms with Gasteiger partial charge in [-0.2, -0.15) is 0 Å². The van der Waals surface area contributed by atoms with Crippen LogP contribution in [-0.4, -0.2) is 21.2 Å². The van der Waals surface area contributed by atoms with Crippen molar-refractivity contribution in [3.05, 3.63) is 50.1 Å². The van der Waals surface area contributed by atoms with Crippen LogP contribution in [0.25, 0.3) is 10.2 Å². The number of thioether (sulfide) groups is 1. The van der Waals surface area contributed by atoms with E-state index in [2.05, 4.69) is 12.2 Å². The summed E-state index contributed by atoms with van der Waals surface area (Å²) in [5.41, 5.74) is 2.02. The summed E-state index contributed by atoms with van der Waals surface area (Å²) in [6, 6.07) is 7.23. The van der Waals surface area contributed by atoms with Crippen molar-refractivity contribution in [1.29, 1.82) is 0 Å². The third-order valence-corrected chi connectivity index (χ3v) is 8.83. The van der Waals surface area contributed by atoms with Crippen LogP contribution in [-0.2, 0) is 17.6 Å². The lowest BCUT2D eigenvalue weighted by molar-refractivity contribution is -0.113. The van der Waals surface area contributed by atoms with Crippen molar-refractivity contribution in [2.45, 2.75) is 63.1 Å². The largest absolute Gasteiger partial charge is 0.325 e. The van der Waals surface area contributed by atoms with E-state index in [4.69, 9.17) is 16.6 Å². The predicted octanol–water partition coefficient (Wildman–Crippen LogP) is 6.08. The molecule has 0 radical (unpaired) electrons. The molecule has 1 N–H and O–H groups in total. The number of anilines is 1. The number of halogens is 1. The molecule has 2 heterocycles. The first-order chi connectivity index (χ1) is 15.5. The second-order valence-corrected chi connectivity index (χ2v) is 11.3. The van der Waals surface area contributed by atoms with Crippen LogP contribution < -0.4 is 10.9 Å². The summed E-state index contributed by atoms with van der Waals surface area (Å²) >= 11 is 8.95. The molecule has 2 aliphatic rings. The number of amides is 1. The highest BCUT2D eigenvalue weighted by Crippen LogP contribution is 2.38. The van der Waals surface area contributed by atoms with Crippen LogP contribution in [0.3, 0.4) is 0 Å². The van der Waals surface area contributed by atoms with Crippen LogP contribution in [0.1, 0.15) is 55.5 Å². The molecular formula is C24H26ClN3O2S2. The Hall–Kier alpha value is -1.83. The Kier molecular flexibility index (Phi) is 6.32. The summed E-state index contributed by atoms with van der Waals surface area (Å²) in [6.45, 7) is 2.28. The van der Waals surface area contributed by atoms with E-state index in [1.54, 1.807) is 35.6 Å². The third kappa shape index (κ3) is 4.35. The van der Waals surface area contributed by atoms with Gasteiger partial charge in [0.1, 0.15) is 4.83 Å². The summed E-state index contributed by atoms with van der Waals surface area (Å²) < 4.78 is 1.90. The molecule has 0 aliphatic heterocycles. The fourth-order valence-electron chi connectivity index (χ4n) is 4.83. The Morgan fingerprint density at radius 1 is 1.25 bits per heavy atom. The van der Waals surface area contributed by atoms with Gasteiger partial charge in [-0.05, 0) is 67.9 Å². The van der Waals surface area contributed by atoms with Crippen LogP contribution in [0.5, 0.6) is 0 Å². The Labute approximate surface area is 200 Å². The maximum Gasteiger partial charge on any atom is 0.263 e. The number of fused-ring (bicyclic) bond motifs is 3. The molecule has 1 amide bonds. The highest BCUT2D eigenvalue weighted by molar-refractivity contribution is 7.99. The normalized spacial score (nSPS) is 18.8. The fraction of sp³-hybridized carbons (Fsp3) is 0.458. The number of nitrogens with zero attached hydrogens (tertiary/aromatic N) is 2. The van der Waals surface area contributed by atoms with Crippen LogP contribution in [0, 0.1) is 5.92 Å². The van der Waals surface area contributed by atoms with Gasteiger partial charge in [-0.15, -0.1) is 11.3 Å². The van der Waals surface area contributed by atoms with Gasteiger partial charge >= 0.3 is 0 Å². The highest BCUT2D eigenvalue weighted by Gasteiger charge is 2.28. The number of benzene rings is 1. The lowest BCUT2D eigenvalue weighted by Gasteiger charge is -2.19. The molecule has 2 aromatic heterocycles. The van der Waals surface area contributed by atoms with Gasteiger partial charge < -0.3 is 5.32 Å². The molecular weight excluding hydrogens is 462 g/mol. The van der Waals surface area contributed by atoms with Crippen molar-refractivity contribution in [2.75, 3.05) is 11.1 Å². The molecule has 1 aromatic carbocycles. The average molecular weight is 488 g/mol. The molecule has 1 saturated carbocycles. The smallest absolute Gasteiger partial charge is 0.263 e. The van der Waals surface area contributed by atoms with E-state index in [0.717, 1.165) is 55.2 Å². The number of nitrogens with one attached hydrogen (secondary N) is 1. The first kappa shape index (κ1) is 22.0. The summed E-state index contributed by atoms with van der Waals surface area (Å²) in [5, 5.41) is 5.03. The van der Waals surface area contributed by atoms with Gasteiger partial charge in [0.15, 0.2) is 5.16 Å². The topological polar surface area (TPSA) is 64.0 Å². The second-order valence-electron chi connectivity index (χ2n) is 8.88. The van der Waals surface area contributed by atoms with Crippen molar-refractivity contribution in [3.63, 3.8) is 0 Å². The van der Waals surface area contributed by atoms with E-state index in [1.165, 1.54) is 22.2 Å². The number of rotatable bonds is 5. The molecule has 32 heavy (non-hydrogen) atoms. The van der Waals surface area contributed by atoms with Gasteiger partial charge in [-0.3, -0.25) is 14.2 Å². The average Bonchev–Trinajstić information content (AvgIpc) is 3.41. The molecule has 5 nitrogen and oxygen atoms in total. The van der Waals surface area contributed by atoms with Crippen molar-refractivity contribution in [1.82, 2.24) is 9.55 Å². The van der Waals surface area contributed by atoms with Gasteiger partial charge in [0, 0.05) is 21.6 Å². The molecule has 2 aliphatic carbocycles. The number of thiophene rings is 1. The number of hydrogen-bond acceptors (Lipinski definition) is 5. The van der Waals surface area contributed by atoms with E-state index in [-0.39, 0.29) is 23.3 Å². The fourth-order valence-corrected chi connectivity index (χ4v) is 7.25. The molecule has 0 unspecified atom stereocenters. The Morgan fingerprint density at radius 2 is 2.00 bits per heavy atom. The summed E-state index contributed by atoms with van der Waals surface area (Å²) in [4.78, 5) is 33.4. The minimum absolute atomic E-state index is 0.0922.